The molecule has 0 bridgehead atoms. The van der Waals surface area contributed by atoms with E-state index in [1.165, 1.54) is 0 Å². The number of aliphatic hydroxyl groups excluding tert-OH is 1. The summed E-state index contributed by atoms with van der Waals surface area (Å²) in [5, 5.41) is 13.7. The average molecular weight is 493 g/mol. The lowest BCUT2D eigenvalue weighted by Crippen LogP contribution is -1.98. The second-order valence-corrected chi connectivity index (χ2v) is 7.70. The molecule has 0 amide bonds. The summed E-state index contributed by atoms with van der Waals surface area (Å²) in [6.07, 6.45) is 6.38. The Kier molecular flexibility index (Phi) is 9.07. The Bertz CT molecular complexity index is 1200. The highest BCUT2D eigenvalue weighted by atomic mass is 16.5. The van der Waals surface area contributed by atoms with Crippen LogP contribution in [-0.2, 0) is 0 Å². The van der Waals surface area contributed by atoms with Gasteiger partial charge in [-0.05, 0) is 53.7 Å². The maximum atomic E-state index is 10.5. The van der Waals surface area contributed by atoms with E-state index in [0.717, 1.165) is 22.4 Å². The number of rotatable bonds is 11. The van der Waals surface area contributed by atoms with E-state index < -0.39 is 6.10 Å². The number of hydrogen-bond acceptors (Lipinski definition) is 8. The smallest absolute Gasteiger partial charge is 0.203 e. The molecule has 0 heterocycles. The molecule has 0 aliphatic rings. The second kappa shape index (κ2) is 12.4. The monoisotopic (exact) mass is 492 g/mol. The van der Waals surface area contributed by atoms with Gasteiger partial charge in [-0.2, -0.15) is 0 Å². The number of benzene rings is 3. The van der Waals surface area contributed by atoms with Crippen LogP contribution in [0.2, 0.25) is 0 Å². The summed E-state index contributed by atoms with van der Waals surface area (Å²) in [4.78, 5) is 0. The van der Waals surface area contributed by atoms with Crippen molar-refractivity contribution < 1.29 is 28.8 Å². The van der Waals surface area contributed by atoms with Crippen LogP contribution in [0.1, 0.15) is 22.8 Å². The van der Waals surface area contributed by atoms with Crippen molar-refractivity contribution in [2.75, 3.05) is 46.6 Å². The van der Waals surface area contributed by atoms with E-state index in [1.54, 1.807) is 72.1 Å². The maximum Gasteiger partial charge on any atom is 0.203 e. The highest BCUT2D eigenvalue weighted by molar-refractivity contribution is 5.80. The first kappa shape index (κ1) is 26.3. The van der Waals surface area contributed by atoms with Crippen molar-refractivity contribution in [2.24, 2.45) is 0 Å². The zero-order chi connectivity index (χ0) is 26.1. The lowest BCUT2D eigenvalue weighted by Gasteiger charge is -2.14. The van der Waals surface area contributed by atoms with E-state index in [1.807, 2.05) is 36.4 Å². The Labute approximate surface area is 211 Å². The van der Waals surface area contributed by atoms with Gasteiger partial charge in [0.2, 0.25) is 5.75 Å². The van der Waals surface area contributed by atoms with Crippen molar-refractivity contribution in [1.82, 2.24) is 0 Å². The third kappa shape index (κ3) is 6.22. The molecule has 1 atom stereocenters. The van der Waals surface area contributed by atoms with Crippen LogP contribution in [0.25, 0.3) is 12.2 Å². The van der Waals surface area contributed by atoms with Crippen molar-refractivity contribution >= 4 is 23.5 Å². The number of hydrogen-bond donors (Lipinski definition) is 3. The molecule has 1 unspecified atom stereocenters. The summed E-state index contributed by atoms with van der Waals surface area (Å²) in [6, 6.07) is 14.5. The van der Waals surface area contributed by atoms with Crippen LogP contribution in [0.15, 0.2) is 60.8 Å². The molecule has 8 heteroatoms. The Balaban J connectivity index is 1.92. The molecule has 0 saturated carbocycles. The van der Waals surface area contributed by atoms with Gasteiger partial charge < -0.3 is 39.8 Å². The van der Waals surface area contributed by atoms with Crippen molar-refractivity contribution in [2.45, 2.75) is 6.10 Å². The van der Waals surface area contributed by atoms with Crippen molar-refractivity contribution in [3.8, 4) is 28.7 Å². The predicted octanol–water partition coefficient (Wildman–Crippen LogP) is 5.14. The first-order chi connectivity index (χ1) is 17.4. The highest BCUT2D eigenvalue weighted by Crippen LogP contribution is 2.39. The second-order valence-electron chi connectivity index (χ2n) is 7.70. The molecule has 3 aromatic carbocycles. The standard InChI is InChI=1S/C28H32N2O6/c1-32-24-16-20(7-6-18-14-26(34-3)28(36-5)27(15-18)35-4)22(17-25(24)33-2)30-13-12-23(31)19-8-10-21(29)11-9-19/h6-17,23,30-31H,29H2,1-5H3/b7-6-,13-12-. The third-order valence-corrected chi connectivity index (χ3v) is 5.49. The quantitative estimate of drug-likeness (QED) is 0.250. The van der Waals surface area contributed by atoms with E-state index in [4.69, 9.17) is 29.4 Å². The van der Waals surface area contributed by atoms with E-state index in [9.17, 15) is 5.11 Å². The van der Waals surface area contributed by atoms with Crippen LogP contribution in [0.3, 0.4) is 0 Å². The Hall–Kier alpha value is -4.30. The number of nitrogen functional groups attached to an aromatic ring is 1. The van der Waals surface area contributed by atoms with Crippen molar-refractivity contribution in [3.63, 3.8) is 0 Å². The number of nitrogens with one attached hydrogen (secondary N) is 1. The lowest BCUT2D eigenvalue weighted by molar-refractivity contribution is 0.228. The minimum atomic E-state index is -0.795. The maximum absolute atomic E-state index is 10.5. The molecule has 36 heavy (non-hydrogen) atoms. The molecule has 8 nitrogen and oxygen atoms in total. The van der Waals surface area contributed by atoms with Gasteiger partial charge in [0.15, 0.2) is 23.0 Å². The molecule has 190 valence electrons. The highest BCUT2D eigenvalue weighted by Gasteiger charge is 2.13. The molecule has 3 rings (SSSR count). The van der Waals surface area contributed by atoms with Gasteiger partial charge in [-0.3, -0.25) is 0 Å². The van der Waals surface area contributed by atoms with Gasteiger partial charge in [-0.15, -0.1) is 0 Å². The number of ether oxygens (including phenoxy) is 5. The van der Waals surface area contributed by atoms with Crippen LogP contribution < -0.4 is 34.7 Å². The van der Waals surface area contributed by atoms with Crippen molar-refractivity contribution in [3.05, 3.63) is 77.5 Å². The van der Waals surface area contributed by atoms with Gasteiger partial charge in [-0.1, -0.05) is 24.3 Å². The van der Waals surface area contributed by atoms with E-state index in [0.29, 0.717) is 34.4 Å². The minimum Gasteiger partial charge on any atom is -0.493 e. The normalized spacial score (nSPS) is 11.9. The van der Waals surface area contributed by atoms with Gasteiger partial charge in [0.1, 0.15) is 0 Å². The molecule has 0 saturated heterocycles. The number of methoxy groups -OCH3 is 5. The van der Waals surface area contributed by atoms with Crippen LogP contribution >= 0.6 is 0 Å². The largest absolute Gasteiger partial charge is 0.493 e. The van der Waals surface area contributed by atoms with Crippen LogP contribution in [0.5, 0.6) is 28.7 Å². The summed E-state index contributed by atoms with van der Waals surface area (Å²) < 4.78 is 27.3. The Morgan fingerprint density at radius 2 is 1.33 bits per heavy atom. The first-order valence-corrected chi connectivity index (χ1v) is 11.1. The SMILES string of the molecule is COc1cc(/C=C\c2cc(OC)c(OC)c(OC)c2)c(N/C=C\C(O)c2ccc(N)cc2)cc1OC. The average Bonchev–Trinajstić information content (AvgIpc) is 2.91. The summed E-state index contributed by atoms with van der Waals surface area (Å²) in [7, 11) is 7.88. The number of nitrogens with two attached hydrogens (primary N) is 1. The fourth-order valence-corrected chi connectivity index (χ4v) is 3.57. The molecular weight excluding hydrogens is 460 g/mol. The fraction of sp³-hybridized carbons (Fsp3) is 0.214. The molecule has 0 aliphatic heterocycles. The van der Waals surface area contributed by atoms with Gasteiger partial charge in [0, 0.05) is 23.0 Å². The van der Waals surface area contributed by atoms with Crippen LogP contribution in [0.4, 0.5) is 11.4 Å². The van der Waals surface area contributed by atoms with Crippen LogP contribution in [0, 0.1) is 0 Å². The molecule has 0 fully saturated rings. The molecule has 4 N–H and O–H groups in total. The molecule has 0 aliphatic carbocycles. The summed E-state index contributed by atoms with van der Waals surface area (Å²) in [5.41, 5.74) is 9.52. The summed E-state index contributed by atoms with van der Waals surface area (Å²) in [5.74, 6) is 2.79. The van der Waals surface area contributed by atoms with E-state index in [2.05, 4.69) is 5.32 Å². The number of aliphatic hydroxyl groups is 1. The van der Waals surface area contributed by atoms with Gasteiger partial charge in [-0.25, -0.2) is 0 Å². The molecule has 0 aromatic heterocycles. The fourth-order valence-electron chi connectivity index (χ4n) is 3.57. The topological polar surface area (TPSA) is 104 Å². The molecule has 3 aromatic rings. The van der Waals surface area contributed by atoms with Gasteiger partial charge >= 0.3 is 0 Å². The zero-order valence-electron chi connectivity index (χ0n) is 21.1. The van der Waals surface area contributed by atoms with Gasteiger partial charge in [0.25, 0.3) is 0 Å². The lowest BCUT2D eigenvalue weighted by atomic mass is 10.1. The van der Waals surface area contributed by atoms with E-state index in [-0.39, 0.29) is 0 Å². The Morgan fingerprint density at radius 1 is 0.750 bits per heavy atom. The zero-order valence-corrected chi connectivity index (χ0v) is 21.1. The molecule has 0 spiro atoms. The summed E-state index contributed by atoms with van der Waals surface area (Å²) in [6.45, 7) is 0. The molecular formula is C28H32N2O6. The first-order valence-electron chi connectivity index (χ1n) is 11.1. The van der Waals surface area contributed by atoms with Gasteiger partial charge in [0.05, 0.1) is 41.7 Å². The third-order valence-electron chi connectivity index (χ3n) is 5.49. The number of anilines is 2. The molecule has 0 radical (unpaired) electrons. The van der Waals surface area contributed by atoms with Crippen molar-refractivity contribution in [1.29, 1.82) is 0 Å². The minimum absolute atomic E-state index is 0.524. The Morgan fingerprint density at radius 3 is 1.89 bits per heavy atom. The van der Waals surface area contributed by atoms with Crippen LogP contribution in [-0.4, -0.2) is 40.7 Å². The van der Waals surface area contributed by atoms with E-state index >= 15 is 0 Å². The predicted molar refractivity (Wildman–Crippen MR) is 143 cm³/mol. The summed E-state index contributed by atoms with van der Waals surface area (Å²) >= 11 is 0.